The van der Waals surface area contributed by atoms with Crippen molar-refractivity contribution in [2.75, 3.05) is 26.6 Å². The van der Waals surface area contributed by atoms with Crippen LogP contribution in [0.5, 0.6) is 17.2 Å². The van der Waals surface area contributed by atoms with Crippen LogP contribution >= 0.6 is 11.6 Å². The zero-order valence-corrected chi connectivity index (χ0v) is 14.4. The van der Waals surface area contributed by atoms with Crippen molar-refractivity contribution in [2.24, 2.45) is 0 Å². The lowest BCUT2D eigenvalue weighted by Gasteiger charge is -2.17. The van der Waals surface area contributed by atoms with E-state index < -0.39 is 0 Å². The van der Waals surface area contributed by atoms with E-state index in [-0.39, 0.29) is 11.8 Å². The molecule has 1 heterocycles. The van der Waals surface area contributed by atoms with E-state index in [1.165, 1.54) is 0 Å². The topological polar surface area (TPSA) is 56.8 Å². The van der Waals surface area contributed by atoms with Crippen LogP contribution in [0.1, 0.15) is 17.0 Å². The molecule has 1 aliphatic rings. The summed E-state index contributed by atoms with van der Waals surface area (Å²) in [4.78, 5) is 12.4. The fourth-order valence-corrected chi connectivity index (χ4v) is 3.22. The van der Waals surface area contributed by atoms with E-state index >= 15 is 0 Å². The van der Waals surface area contributed by atoms with Crippen LogP contribution in [-0.2, 0) is 11.2 Å². The van der Waals surface area contributed by atoms with E-state index in [2.05, 4.69) is 5.32 Å². The number of nitrogens with one attached hydrogen (secondary N) is 1. The van der Waals surface area contributed by atoms with Gasteiger partial charge in [-0.25, -0.2) is 0 Å². The number of hydrogen-bond donors (Lipinski definition) is 1. The molecule has 24 heavy (non-hydrogen) atoms. The van der Waals surface area contributed by atoms with E-state index in [9.17, 15) is 4.79 Å². The number of ether oxygens (including phenoxy) is 3. The molecule has 0 saturated carbocycles. The van der Waals surface area contributed by atoms with Crippen molar-refractivity contribution in [3.63, 3.8) is 0 Å². The van der Waals surface area contributed by atoms with Gasteiger partial charge in [-0.05, 0) is 41.8 Å². The molecule has 0 unspecified atom stereocenters. The Morgan fingerprint density at radius 3 is 2.46 bits per heavy atom. The lowest BCUT2D eigenvalue weighted by atomic mass is 9.92. The number of rotatable bonds is 5. The number of benzene rings is 2. The Morgan fingerprint density at radius 1 is 1.04 bits per heavy atom. The summed E-state index contributed by atoms with van der Waals surface area (Å²) in [5, 5.41) is 3.50. The van der Waals surface area contributed by atoms with Crippen LogP contribution in [0.3, 0.4) is 0 Å². The first kappa shape index (κ1) is 16.5. The largest absolute Gasteiger partial charge is 0.493 e. The number of halogens is 1. The Bertz CT molecular complexity index is 791. The Balaban J connectivity index is 2.00. The zero-order chi connectivity index (χ0) is 17.3. The molecule has 0 bridgehead atoms. The van der Waals surface area contributed by atoms with Gasteiger partial charge in [0, 0.05) is 10.7 Å². The molecular weight excluding hydrogens is 330 g/mol. The van der Waals surface area contributed by atoms with E-state index in [4.69, 9.17) is 25.8 Å². The summed E-state index contributed by atoms with van der Waals surface area (Å²) in [6.45, 7) is 0. The fraction of sp³-hybridized carbons (Fsp3) is 0.278. The molecule has 1 aliphatic heterocycles. The molecule has 1 atom stereocenters. The molecule has 2 aromatic rings. The molecule has 5 nitrogen and oxygen atoms in total. The number of fused-ring (bicyclic) bond motifs is 1. The van der Waals surface area contributed by atoms with E-state index in [0.29, 0.717) is 28.7 Å². The van der Waals surface area contributed by atoms with Gasteiger partial charge in [0.05, 0.1) is 27.2 Å². The molecule has 126 valence electrons. The Labute approximate surface area is 145 Å². The first-order valence-corrected chi connectivity index (χ1v) is 7.85. The van der Waals surface area contributed by atoms with Crippen LogP contribution in [0, 0.1) is 0 Å². The third-order valence-electron chi connectivity index (χ3n) is 4.17. The maximum Gasteiger partial charge on any atom is 0.232 e. The van der Waals surface area contributed by atoms with Crippen molar-refractivity contribution in [3.8, 4) is 17.2 Å². The van der Waals surface area contributed by atoms with Gasteiger partial charge < -0.3 is 19.5 Å². The van der Waals surface area contributed by atoms with Crippen molar-refractivity contribution in [1.82, 2.24) is 0 Å². The molecule has 0 spiro atoms. The first-order chi connectivity index (χ1) is 11.6. The molecule has 0 fully saturated rings. The highest BCUT2D eigenvalue weighted by atomic mass is 35.5. The van der Waals surface area contributed by atoms with Gasteiger partial charge in [-0.3, -0.25) is 4.79 Å². The van der Waals surface area contributed by atoms with Gasteiger partial charge in [0.1, 0.15) is 0 Å². The highest BCUT2D eigenvalue weighted by Gasteiger charge is 2.32. The minimum Gasteiger partial charge on any atom is -0.493 e. The van der Waals surface area contributed by atoms with Crippen molar-refractivity contribution in [2.45, 2.75) is 12.3 Å². The number of carbonyl (C=O) groups is 1. The molecule has 2 aromatic carbocycles. The normalized spacial score (nSPS) is 15.7. The average Bonchev–Trinajstić information content (AvgIpc) is 2.89. The standard InChI is InChI=1S/C18H18ClNO4/c1-22-15-7-4-10(16(23-2)17(15)24-3)8-13-12-9-11(19)5-6-14(12)20-18(13)21/h4-7,9,13H,8H2,1-3H3,(H,20,21)/t13-/m1/s1. The molecule has 0 aliphatic carbocycles. The van der Waals surface area contributed by atoms with E-state index in [1.54, 1.807) is 27.4 Å². The third kappa shape index (κ3) is 2.76. The second-order valence-corrected chi connectivity index (χ2v) is 5.91. The van der Waals surface area contributed by atoms with Gasteiger partial charge in [0.2, 0.25) is 11.7 Å². The molecular formula is C18H18ClNO4. The second kappa shape index (κ2) is 6.61. The highest BCUT2D eigenvalue weighted by molar-refractivity contribution is 6.31. The molecule has 3 rings (SSSR count). The molecule has 1 amide bonds. The van der Waals surface area contributed by atoms with Crippen LogP contribution in [0.4, 0.5) is 5.69 Å². The van der Waals surface area contributed by atoms with Gasteiger partial charge in [-0.15, -0.1) is 0 Å². The van der Waals surface area contributed by atoms with Crippen molar-refractivity contribution in [3.05, 3.63) is 46.5 Å². The monoisotopic (exact) mass is 347 g/mol. The number of carbonyl (C=O) groups excluding carboxylic acids is 1. The summed E-state index contributed by atoms with van der Waals surface area (Å²) in [5.74, 6) is 1.29. The predicted molar refractivity (Wildman–Crippen MR) is 92.6 cm³/mol. The van der Waals surface area contributed by atoms with Crippen LogP contribution in [0.2, 0.25) is 5.02 Å². The summed E-state index contributed by atoms with van der Waals surface area (Å²) < 4.78 is 16.2. The maximum atomic E-state index is 12.4. The maximum absolute atomic E-state index is 12.4. The number of anilines is 1. The molecule has 0 radical (unpaired) electrons. The van der Waals surface area contributed by atoms with Gasteiger partial charge >= 0.3 is 0 Å². The van der Waals surface area contributed by atoms with E-state index in [1.807, 2.05) is 24.3 Å². The summed E-state index contributed by atoms with van der Waals surface area (Å²) in [5.41, 5.74) is 2.56. The predicted octanol–water partition coefficient (Wildman–Crippen LogP) is 3.64. The quantitative estimate of drug-likeness (QED) is 0.897. The van der Waals surface area contributed by atoms with Gasteiger partial charge in [-0.1, -0.05) is 17.7 Å². The van der Waals surface area contributed by atoms with Crippen molar-refractivity contribution in [1.29, 1.82) is 0 Å². The summed E-state index contributed by atoms with van der Waals surface area (Å²) >= 11 is 6.08. The van der Waals surface area contributed by atoms with Crippen molar-refractivity contribution >= 4 is 23.2 Å². The van der Waals surface area contributed by atoms with Gasteiger partial charge in [0.15, 0.2) is 11.5 Å². The molecule has 1 N–H and O–H groups in total. The number of amides is 1. The minimum atomic E-state index is -0.328. The SMILES string of the molecule is COc1ccc(C[C@H]2C(=O)Nc3ccc(Cl)cc32)c(OC)c1OC. The van der Waals surface area contributed by atoms with E-state index in [0.717, 1.165) is 16.8 Å². The smallest absolute Gasteiger partial charge is 0.232 e. The third-order valence-corrected chi connectivity index (χ3v) is 4.41. The van der Waals surface area contributed by atoms with Crippen LogP contribution in [0.25, 0.3) is 0 Å². The summed E-state index contributed by atoms with van der Waals surface area (Å²) in [6.07, 6.45) is 0.475. The average molecular weight is 348 g/mol. The van der Waals surface area contributed by atoms with Crippen LogP contribution in [-0.4, -0.2) is 27.2 Å². The first-order valence-electron chi connectivity index (χ1n) is 7.47. The number of methoxy groups -OCH3 is 3. The minimum absolute atomic E-state index is 0.0518. The molecule has 6 heteroatoms. The zero-order valence-electron chi connectivity index (χ0n) is 13.7. The molecule has 0 aromatic heterocycles. The highest BCUT2D eigenvalue weighted by Crippen LogP contribution is 2.43. The lowest BCUT2D eigenvalue weighted by molar-refractivity contribution is -0.117. The van der Waals surface area contributed by atoms with Gasteiger partial charge in [0.25, 0.3) is 0 Å². The van der Waals surface area contributed by atoms with Crippen molar-refractivity contribution < 1.29 is 19.0 Å². The van der Waals surface area contributed by atoms with Crippen LogP contribution < -0.4 is 19.5 Å². The van der Waals surface area contributed by atoms with Gasteiger partial charge in [-0.2, -0.15) is 0 Å². The fourth-order valence-electron chi connectivity index (χ4n) is 3.04. The summed E-state index contributed by atoms with van der Waals surface area (Å²) in [7, 11) is 4.70. The molecule has 0 saturated heterocycles. The summed E-state index contributed by atoms with van der Waals surface area (Å²) in [6, 6.07) is 9.10. The lowest BCUT2D eigenvalue weighted by Crippen LogP contribution is -2.15. The Hall–Kier alpha value is -2.40. The second-order valence-electron chi connectivity index (χ2n) is 5.47. The van der Waals surface area contributed by atoms with Crippen LogP contribution in [0.15, 0.2) is 30.3 Å². The Morgan fingerprint density at radius 2 is 1.79 bits per heavy atom. The number of hydrogen-bond acceptors (Lipinski definition) is 4. The Kier molecular flexibility index (Phi) is 4.53.